The lowest BCUT2D eigenvalue weighted by molar-refractivity contribution is -0.192. The number of ether oxygens (including phenoxy) is 2. The van der Waals surface area contributed by atoms with Gasteiger partial charge in [-0.1, -0.05) is 36.4 Å². The number of methoxy groups -OCH3 is 2. The number of nitrogens with zero attached hydrogens (tertiary/aromatic N) is 3. The van der Waals surface area contributed by atoms with Crippen molar-refractivity contribution in [1.29, 1.82) is 0 Å². The maximum Gasteiger partial charge on any atom is 0.490 e. The molecule has 2 heterocycles. The highest BCUT2D eigenvalue weighted by molar-refractivity contribution is 5.73. The first-order valence-electron chi connectivity index (χ1n) is 11.0. The van der Waals surface area contributed by atoms with Crippen LogP contribution < -0.4 is 4.74 Å². The monoisotopic (exact) mass is 491 g/mol. The number of benzene rings is 2. The number of carbonyl (C=O) groups is 1. The molecule has 0 spiro atoms. The second-order valence-electron chi connectivity index (χ2n) is 8.05. The predicted octanol–water partition coefficient (Wildman–Crippen LogP) is 4.32. The van der Waals surface area contributed by atoms with E-state index in [-0.39, 0.29) is 5.92 Å². The minimum absolute atomic E-state index is 0.252. The van der Waals surface area contributed by atoms with Crippen LogP contribution >= 0.6 is 0 Å². The molecule has 0 amide bonds. The van der Waals surface area contributed by atoms with Gasteiger partial charge in [0.1, 0.15) is 11.6 Å². The number of fused-ring (bicyclic) bond motifs is 1. The zero-order valence-corrected chi connectivity index (χ0v) is 19.5. The van der Waals surface area contributed by atoms with Crippen LogP contribution in [0, 0.1) is 0 Å². The summed E-state index contributed by atoms with van der Waals surface area (Å²) in [7, 11) is 3.45. The van der Waals surface area contributed by atoms with Gasteiger partial charge in [-0.2, -0.15) is 13.2 Å². The van der Waals surface area contributed by atoms with Crippen molar-refractivity contribution >= 4 is 5.97 Å². The molecule has 4 rings (SSSR count). The van der Waals surface area contributed by atoms with E-state index in [1.807, 2.05) is 12.3 Å². The summed E-state index contributed by atoms with van der Waals surface area (Å²) in [6, 6.07) is 17.1. The van der Waals surface area contributed by atoms with Gasteiger partial charge >= 0.3 is 12.1 Å². The Morgan fingerprint density at radius 2 is 1.91 bits per heavy atom. The quantitative estimate of drug-likeness (QED) is 0.531. The van der Waals surface area contributed by atoms with E-state index in [1.54, 1.807) is 14.2 Å². The van der Waals surface area contributed by atoms with Gasteiger partial charge < -0.3 is 19.1 Å². The molecule has 7 nitrogen and oxygen atoms in total. The van der Waals surface area contributed by atoms with Crippen molar-refractivity contribution < 1.29 is 32.5 Å². The van der Waals surface area contributed by atoms with Gasteiger partial charge in [-0.25, -0.2) is 9.78 Å². The number of carboxylic acid groups (broad SMARTS) is 1. The normalized spacial score (nSPS) is 15.6. The minimum atomic E-state index is -5.08. The van der Waals surface area contributed by atoms with Crippen LogP contribution in [0.5, 0.6) is 5.75 Å². The molecule has 1 N–H and O–H groups in total. The van der Waals surface area contributed by atoms with E-state index in [0.717, 1.165) is 37.8 Å². The molecule has 1 unspecified atom stereocenters. The average Bonchev–Trinajstić information content (AvgIpc) is 3.30. The Kier molecular flexibility index (Phi) is 8.89. The van der Waals surface area contributed by atoms with Crippen molar-refractivity contribution in [2.45, 2.75) is 31.7 Å². The molecule has 0 fully saturated rings. The third kappa shape index (κ3) is 7.06. The lowest BCUT2D eigenvalue weighted by Gasteiger charge is -2.34. The summed E-state index contributed by atoms with van der Waals surface area (Å²) in [6.07, 6.45) is -1.13. The SMILES string of the molecule is COCCn1ccnc1C1CN(Cc2cccc(OC)c2)Cc2ccccc21.O=C(O)C(F)(F)F. The van der Waals surface area contributed by atoms with Crippen molar-refractivity contribution in [2.75, 3.05) is 27.4 Å². The maximum absolute atomic E-state index is 10.6. The van der Waals surface area contributed by atoms with Crippen LogP contribution in [0.4, 0.5) is 13.2 Å². The Bertz CT molecular complexity index is 1120. The van der Waals surface area contributed by atoms with E-state index in [9.17, 15) is 13.2 Å². The number of hydrogen-bond acceptors (Lipinski definition) is 5. The van der Waals surface area contributed by atoms with E-state index in [0.29, 0.717) is 6.61 Å². The van der Waals surface area contributed by atoms with Gasteiger partial charge in [0.15, 0.2) is 0 Å². The fourth-order valence-electron chi connectivity index (χ4n) is 4.06. The molecule has 1 aliphatic heterocycles. The standard InChI is InChI=1S/C23H27N3O2.C2HF3O2/c1-27-13-12-26-11-10-24-23(26)22-17-25(16-19-7-3-4-9-21(19)22)15-18-6-5-8-20(14-18)28-2;3-2(4,5)1(6)7/h3-11,14,22H,12-13,15-17H2,1-2H3;(H,6,7). The first-order chi connectivity index (χ1) is 16.7. The highest BCUT2D eigenvalue weighted by atomic mass is 19.4. The first kappa shape index (κ1) is 26.2. The highest BCUT2D eigenvalue weighted by Crippen LogP contribution is 2.33. The number of rotatable bonds is 7. The Balaban J connectivity index is 0.000000429. The summed E-state index contributed by atoms with van der Waals surface area (Å²) in [5.41, 5.74) is 4.03. The zero-order valence-electron chi connectivity index (χ0n) is 19.5. The molecule has 0 aliphatic carbocycles. The molecule has 2 aromatic carbocycles. The summed E-state index contributed by atoms with van der Waals surface area (Å²) in [5, 5.41) is 7.12. The van der Waals surface area contributed by atoms with Gasteiger partial charge in [-0.3, -0.25) is 4.90 Å². The third-order valence-electron chi connectivity index (χ3n) is 5.64. The summed E-state index contributed by atoms with van der Waals surface area (Å²) in [6.45, 7) is 4.29. The Morgan fingerprint density at radius 3 is 2.60 bits per heavy atom. The molecule has 1 aromatic heterocycles. The number of aromatic nitrogens is 2. The van der Waals surface area contributed by atoms with Gasteiger partial charge in [0.2, 0.25) is 0 Å². The van der Waals surface area contributed by atoms with Gasteiger partial charge in [0.05, 0.1) is 19.6 Å². The maximum atomic E-state index is 10.6. The Labute approximate surface area is 201 Å². The van der Waals surface area contributed by atoms with Crippen molar-refractivity contribution in [2.24, 2.45) is 0 Å². The smallest absolute Gasteiger partial charge is 0.490 e. The summed E-state index contributed by atoms with van der Waals surface area (Å²) >= 11 is 0. The lowest BCUT2D eigenvalue weighted by atomic mass is 9.88. The van der Waals surface area contributed by atoms with Crippen molar-refractivity contribution in [1.82, 2.24) is 14.5 Å². The van der Waals surface area contributed by atoms with E-state index in [1.165, 1.54) is 16.7 Å². The fourth-order valence-corrected chi connectivity index (χ4v) is 4.06. The van der Waals surface area contributed by atoms with E-state index in [2.05, 4.69) is 58.1 Å². The van der Waals surface area contributed by atoms with Crippen LogP contribution in [0.15, 0.2) is 60.9 Å². The number of hydrogen-bond donors (Lipinski definition) is 1. The zero-order chi connectivity index (χ0) is 25.4. The van der Waals surface area contributed by atoms with Gasteiger partial charge in [-0.15, -0.1) is 0 Å². The van der Waals surface area contributed by atoms with Gasteiger partial charge in [0, 0.05) is 45.7 Å². The number of imidazole rings is 1. The Morgan fingerprint density at radius 1 is 1.17 bits per heavy atom. The molecule has 35 heavy (non-hydrogen) atoms. The van der Waals surface area contributed by atoms with Crippen LogP contribution in [0.25, 0.3) is 0 Å². The van der Waals surface area contributed by atoms with Crippen molar-refractivity contribution in [3.63, 3.8) is 0 Å². The largest absolute Gasteiger partial charge is 0.497 e. The van der Waals surface area contributed by atoms with E-state index in [4.69, 9.17) is 24.4 Å². The summed E-state index contributed by atoms with van der Waals surface area (Å²) < 4.78 is 44.6. The second-order valence-corrected chi connectivity index (χ2v) is 8.05. The topological polar surface area (TPSA) is 76.8 Å². The van der Waals surface area contributed by atoms with Crippen LogP contribution in [0.1, 0.15) is 28.4 Å². The molecule has 10 heteroatoms. The highest BCUT2D eigenvalue weighted by Gasteiger charge is 2.38. The lowest BCUT2D eigenvalue weighted by Crippen LogP contribution is -2.35. The average molecular weight is 492 g/mol. The molecule has 0 saturated carbocycles. The molecule has 3 aromatic rings. The van der Waals surface area contributed by atoms with Crippen LogP contribution in [0.2, 0.25) is 0 Å². The number of alkyl halides is 3. The van der Waals surface area contributed by atoms with Crippen molar-refractivity contribution in [3.05, 3.63) is 83.4 Å². The minimum Gasteiger partial charge on any atom is -0.497 e. The molecule has 1 atom stereocenters. The number of halogens is 3. The molecular weight excluding hydrogens is 463 g/mol. The number of aliphatic carboxylic acids is 1. The first-order valence-corrected chi connectivity index (χ1v) is 11.0. The molecule has 0 bridgehead atoms. The second kappa shape index (κ2) is 11.9. The molecular formula is C25H28F3N3O4. The number of carboxylic acids is 1. The van der Waals surface area contributed by atoms with E-state index >= 15 is 0 Å². The van der Waals surface area contributed by atoms with Gasteiger partial charge in [0.25, 0.3) is 0 Å². The van der Waals surface area contributed by atoms with Crippen LogP contribution in [0.3, 0.4) is 0 Å². The van der Waals surface area contributed by atoms with Gasteiger partial charge in [-0.05, 0) is 28.8 Å². The fraction of sp³-hybridized carbons (Fsp3) is 0.360. The van der Waals surface area contributed by atoms with E-state index < -0.39 is 12.1 Å². The van der Waals surface area contributed by atoms with Crippen molar-refractivity contribution in [3.8, 4) is 5.75 Å². The van der Waals surface area contributed by atoms with Crippen LogP contribution in [-0.2, 0) is 29.2 Å². The molecule has 1 aliphatic rings. The molecule has 0 saturated heterocycles. The molecule has 188 valence electrons. The summed E-state index contributed by atoms with van der Waals surface area (Å²) in [4.78, 5) is 16.1. The summed E-state index contributed by atoms with van der Waals surface area (Å²) in [5.74, 6) is -0.490. The van der Waals surface area contributed by atoms with Crippen LogP contribution in [-0.4, -0.2) is 59.1 Å². The Hall–Kier alpha value is -3.37. The third-order valence-corrected chi connectivity index (χ3v) is 5.64. The predicted molar refractivity (Wildman–Crippen MR) is 123 cm³/mol. The molecule has 0 radical (unpaired) electrons.